The standard InChI is InChI=1S/C16H12BrFN2O/c17-13-6-11(7-14(18)8-13)16(21)12-9-19-20(10-12)15-4-2-1-3-5-15/h1-10,16,21H. The number of benzene rings is 2. The summed E-state index contributed by atoms with van der Waals surface area (Å²) in [4.78, 5) is 0. The lowest BCUT2D eigenvalue weighted by Gasteiger charge is -2.09. The van der Waals surface area contributed by atoms with Crippen LogP contribution in [0.1, 0.15) is 17.2 Å². The average Bonchev–Trinajstić information content (AvgIpc) is 2.96. The number of para-hydroxylation sites is 1. The number of aliphatic hydroxyl groups is 1. The first kappa shape index (κ1) is 14.0. The molecule has 1 aromatic heterocycles. The number of rotatable bonds is 3. The Hall–Kier alpha value is -1.98. The van der Waals surface area contributed by atoms with Crippen LogP contribution in [0.25, 0.3) is 5.69 Å². The fourth-order valence-electron chi connectivity index (χ4n) is 2.13. The number of aliphatic hydroxyl groups excluding tert-OH is 1. The molecule has 3 aromatic rings. The Balaban J connectivity index is 1.92. The van der Waals surface area contributed by atoms with Gasteiger partial charge in [0.25, 0.3) is 0 Å². The molecule has 0 amide bonds. The van der Waals surface area contributed by atoms with Crippen LogP contribution >= 0.6 is 15.9 Å². The number of hydrogen-bond acceptors (Lipinski definition) is 2. The minimum Gasteiger partial charge on any atom is -0.384 e. The molecule has 0 aliphatic carbocycles. The molecule has 0 saturated carbocycles. The molecule has 0 aliphatic rings. The highest BCUT2D eigenvalue weighted by atomic mass is 79.9. The van der Waals surface area contributed by atoms with Gasteiger partial charge in [-0.25, -0.2) is 9.07 Å². The third-order valence-corrected chi connectivity index (χ3v) is 3.60. The van der Waals surface area contributed by atoms with E-state index in [-0.39, 0.29) is 0 Å². The van der Waals surface area contributed by atoms with E-state index in [0.29, 0.717) is 15.6 Å². The predicted molar refractivity (Wildman–Crippen MR) is 81.7 cm³/mol. The van der Waals surface area contributed by atoms with Crippen molar-refractivity contribution < 1.29 is 9.50 Å². The fraction of sp³-hybridized carbons (Fsp3) is 0.0625. The third kappa shape index (κ3) is 3.04. The van der Waals surface area contributed by atoms with Gasteiger partial charge in [-0.05, 0) is 35.9 Å². The van der Waals surface area contributed by atoms with Crippen molar-refractivity contribution in [1.29, 1.82) is 0 Å². The van der Waals surface area contributed by atoms with Gasteiger partial charge in [-0.1, -0.05) is 34.1 Å². The maximum atomic E-state index is 13.4. The predicted octanol–water partition coefficient (Wildman–Crippen LogP) is 3.86. The van der Waals surface area contributed by atoms with Crippen LogP contribution in [-0.2, 0) is 0 Å². The van der Waals surface area contributed by atoms with Crippen molar-refractivity contribution >= 4 is 15.9 Å². The fourth-order valence-corrected chi connectivity index (χ4v) is 2.61. The molecule has 0 radical (unpaired) electrons. The monoisotopic (exact) mass is 346 g/mol. The van der Waals surface area contributed by atoms with E-state index in [9.17, 15) is 9.50 Å². The third-order valence-electron chi connectivity index (χ3n) is 3.14. The van der Waals surface area contributed by atoms with Gasteiger partial charge < -0.3 is 5.11 Å². The van der Waals surface area contributed by atoms with Crippen LogP contribution in [0, 0.1) is 5.82 Å². The number of hydrogen-bond donors (Lipinski definition) is 1. The van der Waals surface area contributed by atoms with Crippen LogP contribution in [-0.4, -0.2) is 14.9 Å². The molecular formula is C16H12BrFN2O. The molecule has 0 bridgehead atoms. The summed E-state index contributed by atoms with van der Waals surface area (Å²) in [6.07, 6.45) is 2.39. The van der Waals surface area contributed by atoms with Gasteiger partial charge in [0.15, 0.2) is 0 Å². The van der Waals surface area contributed by atoms with Crippen molar-refractivity contribution in [3.05, 3.63) is 82.3 Å². The molecule has 0 fully saturated rings. The minimum absolute atomic E-state index is 0.395. The smallest absolute Gasteiger partial charge is 0.124 e. The molecule has 3 rings (SSSR count). The summed E-state index contributed by atoms with van der Waals surface area (Å²) in [6.45, 7) is 0. The number of nitrogens with zero attached hydrogens (tertiary/aromatic N) is 2. The molecule has 1 unspecified atom stereocenters. The average molecular weight is 347 g/mol. The maximum absolute atomic E-state index is 13.4. The van der Waals surface area contributed by atoms with Crippen molar-refractivity contribution in [2.75, 3.05) is 0 Å². The first-order valence-electron chi connectivity index (χ1n) is 6.37. The molecule has 1 atom stereocenters. The van der Waals surface area contributed by atoms with E-state index < -0.39 is 11.9 Å². The number of halogens is 2. The Kier molecular flexibility index (Phi) is 3.86. The zero-order chi connectivity index (χ0) is 14.8. The molecule has 0 aliphatic heterocycles. The zero-order valence-corrected chi connectivity index (χ0v) is 12.5. The molecule has 1 N–H and O–H groups in total. The summed E-state index contributed by atoms with van der Waals surface area (Å²) in [5.74, 6) is -0.395. The lowest BCUT2D eigenvalue weighted by molar-refractivity contribution is 0.219. The summed E-state index contributed by atoms with van der Waals surface area (Å²) < 4.78 is 15.7. The molecule has 2 aromatic carbocycles. The highest BCUT2D eigenvalue weighted by molar-refractivity contribution is 9.10. The Morgan fingerprint density at radius 2 is 1.86 bits per heavy atom. The van der Waals surface area contributed by atoms with Crippen molar-refractivity contribution in [3.63, 3.8) is 0 Å². The largest absolute Gasteiger partial charge is 0.384 e. The van der Waals surface area contributed by atoms with Crippen molar-refractivity contribution in [2.45, 2.75) is 6.10 Å². The Morgan fingerprint density at radius 1 is 1.10 bits per heavy atom. The van der Waals surface area contributed by atoms with Crippen molar-refractivity contribution in [2.24, 2.45) is 0 Å². The Bertz CT molecular complexity index is 738. The molecule has 106 valence electrons. The van der Waals surface area contributed by atoms with Crippen LogP contribution in [0.5, 0.6) is 0 Å². The Morgan fingerprint density at radius 3 is 2.57 bits per heavy atom. The summed E-state index contributed by atoms with van der Waals surface area (Å²) >= 11 is 3.22. The van der Waals surface area contributed by atoms with Gasteiger partial charge in [0.1, 0.15) is 11.9 Å². The molecule has 3 nitrogen and oxygen atoms in total. The molecule has 0 spiro atoms. The van der Waals surface area contributed by atoms with E-state index in [1.807, 2.05) is 30.3 Å². The summed E-state index contributed by atoms with van der Waals surface area (Å²) in [7, 11) is 0. The van der Waals surface area contributed by atoms with E-state index in [1.54, 1.807) is 23.1 Å². The van der Waals surface area contributed by atoms with Crippen LogP contribution in [0.4, 0.5) is 4.39 Å². The van der Waals surface area contributed by atoms with Gasteiger partial charge in [0.05, 0.1) is 11.9 Å². The summed E-state index contributed by atoms with van der Waals surface area (Å²) in [5.41, 5.74) is 1.99. The number of aromatic nitrogens is 2. The van der Waals surface area contributed by atoms with Gasteiger partial charge in [0, 0.05) is 16.2 Å². The van der Waals surface area contributed by atoms with Crippen LogP contribution in [0.3, 0.4) is 0 Å². The second kappa shape index (κ2) is 5.79. The normalized spacial score (nSPS) is 12.3. The lowest BCUT2D eigenvalue weighted by atomic mass is 10.0. The zero-order valence-electron chi connectivity index (χ0n) is 10.9. The second-order valence-electron chi connectivity index (χ2n) is 4.66. The molecule has 0 saturated heterocycles. The quantitative estimate of drug-likeness (QED) is 0.781. The summed E-state index contributed by atoms with van der Waals surface area (Å²) in [6, 6.07) is 13.9. The van der Waals surface area contributed by atoms with Gasteiger partial charge in [-0.2, -0.15) is 5.10 Å². The molecule has 5 heteroatoms. The van der Waals surface area contributed by atoms with E-state index in [2.05, 4.69) is 21.0 Å². The van der Waals surface area contributed by atoms with E-state index in [1.165, 1.54) is 12.1 Å². The molecule has 21 heavy (non-hydrogen) atoms. The molecule has 1 heterocycles. The first-order chi connectivity index (χ1) is 10.1. The highest BCUT2D eigenvalue weighted by Crippen LogP contribution is 2.26. The van der Waals surface area contributed by atoms with Crippen LogP contribution < -0.4 is 0 Å². The van der Waals surface area contributed by atoms with Gasteiger partial charge in [-0.3, -0.25) is 0 Å². The molecular weight excluding hydrogens is 335 g/mol. The van der Waals surface area contributed by atoms with Gasteiger partial charge in [0.2, 0.25) is 0 Å². The van der Waals surface area contributed by atoms with Crippen molar-refractivity contribution in [1.82, 2.24) is 9.78 Å². The maximum Gasteiger partial charge on any atom is 0.124 e. The minimum atomic E-state index is -0.922. The van der Waals surface area contributed by atoms with Crippen molar-refractivity contribution in [3.8, 4) is 5.69 Å². The second-order valence-corrected chi connectivity index (χ2v) is 5.57. The summed E-state index contributed by atoms with van der Waals surface area (Å²) in [5, 5.41) is 14.6. The van der Waals surface area contributed by atoms with Gasteiger partial charge in [-0.15, -0.1) is 0 Å². The van der Waals surface area contributed by atoms with Gasteiger partial charge >= 0.3 is 0 Å². The van der Waals surface area contributed by atoms with E-state index in [4.69, 9.17) is 0 Å². The SMILES string of the molecule is OC(c1cc(F)cc(Br)c1)c1cnn(-c2ccccc2)c1. The first-order valence-corrected chi connectivity index (χ1v) is 7.17. The van der Waals surface area contributed by atoms with E-state index >= 15 is 0 Å². The van der Waals surface area contributed by atoms with E-state index in [0.717, 1.165) is 5.69 Å². The lowest BCUT2D eigenvalue weighted by Crippen LogP contribution is -1.99. The van der Waals surface area contributed by atoms with Crippen LogP contribution in [0.2, 0.25) is 0 Å². The topological polar surface area (TPSA) is 38.1 Å². The highest BCUT2D eigenvalue weighted by Gasteiger charge is 2.14. The Labute approximate surface area is 129 Å². The van der Waals surface area contributed by atoms with Crippen LogP contribution in [0.15, 0.2) is 65.4 Å².